The third-order valence-electron chi connectivity index (χ3n) is 4.16. The molecule has 1 aromatic carbocycles. The Kier molecular flexibility index (Phi) is 4.88. The third kappa shape index (κ3) is 3.77. The van der Waals surface area contributed by atoms with E-state index < -0.39 is 16.6 Å². The van der Waals surface area contributed by atoms with Crippen LogP contribution in [0.5, 0.6) is 0 Å². The Morgan fingerprint density at radius 1 is 1.38 bits per heavy atom. The van der Waals surface area contributed by atoms with Gasteiger partial charge in [0.05, 0.1) is 10.5 Å². The summed E-state index contributed by atoms with van der Waals surface area (Å²) in [4.78, 5) is 22.1. The second-order valence-electron chi connectivity index (χ2n) is 5.52. The highest BCUT2D eigenvalue weighted by Gasteiger charge is 2.23. The van der Waals surface area contributed by atoms with E-state index in [1.165, 1.54) is 0 Å². The van der Waals surface area contributed by atoms with Gasteiger partial charge in [0.2, 0.25) is 0 Å². The number of non-ortho nitro benzene ring substituents is 1. The van der Waals surface area contributed by atoms with Crippen LogP contribution in [-0.4, -0.2) is 16.9 Å². The molecule has 1 amide bonds. The Morgan fingerprint density at radius 3 is 2.62 bits per heavy atom. The summed E-state index contributed by atoms with van der Waals surface area (Å²) in [6, 6.07) is 3.03. The van der Waals surface area contributed by atoms with Gasteiger partial charge in [0.1, 0.15) is 5.82 Å². The average Bonchev–Trinajstić information content (AvgIpc) is 2.48. The second-order valence-corrected chi connectivity index (χ2v) is 5.52. The Morgan fingerprint density at radius 2 is 2.05 bits per heavy atom. The van der Waals surface area contributed by atoms with Crippen molar-refractivity contribution in [2.24, 2.45) is 5.92 Å². The molecule has 21 heavy (non-hydrogen) atoms. The second kappa shape index (κ2) is 6.65. The first kappa shape index (κ1) is 15.4. The van der Waals surface area contributed by atoms with E-state index in [2.05, 4.69) is 12.2 Å². The zero-order chi connectivity index (χ0) is 15.4. The number of carbonyl (C=O) groups is 1. The van der Waals surface area contributed by atoms with E-state index in [0.29, 0.717) is 5.92 Å². The van der Waals surface area contributed by atoms with Crippen molar-refractivity contribution in [2.45, 2.75) is 45.1 Å². The van der Waals surface area contributed by atoms with E-state index in [0.717, 1.165) is 50.3 Å². The van der Waals surface area contributed by atoms with Gasteiger partial charge >= 0.3 is 0 Å². The van der Waals surface area contributed by atoms with Crippen LogP contribution in [0.25, 0.3) is 0 Å². The number of nitro benzene ring substituents is 1. The Balaban J connectivity index is 2.03. The van der Waals surface area contributed by atoms with E-state index in [4.69, 9.17) is 0 Å². The zero-order valence-electron chi connectivity index (χ0n) is 12.0. The summed E-state index contributed by atoms with van der Waals surface area (Å²) in [5.41, 5.74) is -0.543. The van der Waals surface area contributed by atoms with Crippen LogP contribution in [0.15, 0.2) is 18.2 Å². The number of benzene rings is 1. The van der Waals surface area contributed by atoms with Gasteiger partial charge in [0.15, 0.2) is 0 Å². The molecule has 1 fully saturated rings. The maximum Gasteiger partial charge on any atom is 0.270 e. The Bertz CT molecular complexity index is 540. The van der Waals surface area contributed by atoms with Crippen LogP contribution in [0, 0.1) is 21.8 Å². The molecule has 0 saturated heterocycles. The van der Waals surface area contributed by atoms with Crippen LogP contribution in [0.3, 0.4) is 0 Å². The first-order valence-electron chi connectivity index (χ1n) is 7.26. The van der Waals surface area contributed by atoms with Gasteiger partial charge in [0, 0.05) is 18.2 Å². The molecule has 2 rings (SSSR count). The molecule has 114 valence electrons. The lowest BCUT2D eigenvalue weighted by Crippen LogP contribution is -2.38. The minimum atomic E-state index is -0.736. The fourth-order valence-electron chi connectivity index (χ4n) is 2.78. The topological polar surface area (TPSA) is 72.2 Å². The summed E-state index contributed by atoms with van der Waals surface area (Å²) in [6.07, 6.45) is 5.00. The number of nitrogens with one attached hydrogen (secondary N) is 1. The minimum Gasteiger partial charge on any atom is -0.349 e. The molecule has 0 atom stereocenters. The molecule has 0 aliphatic heterocycles. The van der Waals surface area contributed by atoms with Crippen LogP contribution >= 0.6 is 0 Å². The minimum absolute atomic E-state index is 0.0268. The maximum atomic E-state index is 13.7. The molecule has 0 heterocycles. The summed E-state index contributed by atoms with van der Waals surface area (Å²) in [6.45, 7) is 2.15. The van der Waals surface area contributed by atoms with Crippen molar-refractivity contribution in [3.05, 3.63) is 39.7 Å². The molecule has 1 saturated carbocycles. The smallest absolute Gasteiger partial charge is 0.270 e. The predicted molar refractivity (Wildman–Crippen MR) is 76.6 cm³/mol. The van der Waals surface area contributed by atoms with Crippen molar-refractivity contribution in [2.75, 3.05) is 0 Å². The lowest BCUT2D eigenvalue weighted by atomic mass is 9.84. The van der Waals surface area contributed by atoms with Gasteiger partial charge in [-0.1, -0.05) is 13.3 Å². The Hall–Kier alpha value is -1.98. The van der Waals surface area contributed by atoms with E-state index in [-0.39, 0.29) is 17.3 Å². The van der Waals surface area contributed by atoms with Crippen molar-refractivity contribution >= 4 is 11.6 Å². The van der Waals surface area contributed by atoms with Crippen molar-refractivity contribution < 1.29 is 14.1 Å². The van der Waals surface area contributed by atoms with Crippen molar-refractivity contribution in [1.82, 2.24) is 5.32 Å². The average molecular weight is 294 g/mol. The first-order chi connectivity index (χ1) is 10.0. The quantitative estimate of drug-likeness (QED) is 0.683. The predicted octanol–water partition coefficient (Wildman–Crippen LogP) is 3.43. The molecule has 1 aliphatic rings. The van der Waals surface area contributed by atoms with Gasteiger partial charge in [-0.2, -0.15) is 0 Å². The summed E-state index contributed by atoms with van der Waals surface area (Å²) in [5, 5.41) is 13.5. The molecule has 0 aromatic heterocycles. The molecule has 1 N–H and O–H groups in total. The maximum absolute atomic E-state index is 13.7. The molecule has 0 spiro atoms. The van der Waals surface area contributed by atoms with Crippen molar-refractivity contribution in [1.29, 1.82) is 0 Å². The van der Waals surface area contributed by atoms with Crippen LogP contribution in [0.2, 0.25) is 0 Å². The van der Waals surface area contributed by atoms with Gasteiger partial charge < -0.3 is 5.32 Å². The lowest BCUT2D eigenvalue weighted by Gasteiger charge is -2.28. The number of nitrogens with zero attached hydrogens (tertiary/aromatic N) is 1. The van der Waals surface area contributed by atoms with Gasteiger partial charge in [-0.25, -0.2) is 4.39 Å². The standard InChI is InChI=1S/C15H19FN2O3/c1-2-10-3-5-11(6-4-10)17-15(19)13-9-12(18(20)21)7-8-14(13)16/h7-11H,2-6H2,1H3,(H,17,19). The summed E-state index contributed by atoms with van der Waals surface area (Å²) in [5.74, 6) is -0.607. The fourth-order valence-corrected chi connectivity index (χ4v) is 2.78. The number of carbonyl (C=O) groups excluding carboxylic acids is 1. The molecule has 0 bridgehead atoms. The molecular weight excluding hydrogens is 275 g/mol. The van der Waals surface area contributed by atoms with Gasteiger partial charge in [0.25, 0.3) is 11.6 Å². The molecule has 0 unspecified atom stereocenters. The normalized spacial score (nSPS) is 21.8. The van der Waals surface area contributed by atoms with E-state index in [1.54, 1.807) is 0 Å². The zero-order valence-corrected chi connectivity index (χ0v) is 12.0. The van der Waals surface area contributed by atoms with E-state index in [1.807, 2.05) is 0 Å². The number of nitro groups is 1. The van der Waals surface area contributed by atoms with Crippen LogP contribution < -0.4 is 5.32 Å². The van der Waals surface area contributed by atoms with Gasteiger partial charge in [-0.05, 0) is 37.7 Å². The monoisotopic (exact) mass is 294 g/mol. The Labute approximate surface area is 122 Å². The molecule has 0 radical (unpaired) electrons. The SMILES string of the molecule is CCC1CCC(NC(=O)c2cc([N+](=O)[O-])ccc2F)CC1. The van der Waals surface area contributed by atoms with Gasteiger partial charge in [-0.3, -0.25) is 14.9 Å². The summed E-state index contributed by atoms with van der Waals surface area (Å²) >= 11 is 0. The van der Waals surface area contributed by atoms with Crippen molar-refractivity contribution in [3.63, 3.8) is 0 Å². The van der Waals surface area contributed by atoms with Gasteiger partial charge in [-0.15, -0.1) is 0 Å². The largest absolute Gasteiger partial charge is 0.349 e. The van der Waals surface area contributed by atoms with Crippen molar-refractivity contribution in [3.8, 4) is 0 Å². The number of halogens is 1. The number of hydrogen-bond donors (Lipinski definition) is 1. The highest BCUT2D eigenvalue weighted by atomic mass is 19.1. The lowest BCUT2D eigenvalue weighted by molar-refractivity contribution is -0.384. The van der Waals surface area contributed by atoms with Crippen LogP contribution in [0.4, 0.5) is 10.1 Å². The van der Waals surface area contributed by atoms with Crippen LogP contribution in [-0.2, 0) is 0 Å². The van der Waals surface area contributed by atoms with E-state index >= 15 is 0 Å². The summed E-state index contributed by atoms with van der Waals surface area (Å²) in [7, 11) is 0. The molecular formula is C15H19FN2O3. The number of hydrogen-bond acceptors (Lipinski definition) is 3. The molecule has 5 nitrogen and oxygen atoms in total. The highest BCUT2D eigenvalue weighted by molar-refractivity contribution is 5.95. The summed E-state index contributed by atoms with van der Waals surface area (Å²) < 4.78 is 13.7. The fraction of sp³-hybridized carbons (Fsp3) is 0.533. The first-order valence-corrected chi connectivity index (χ1v) is 7.26. The third-order valence-corrected chi connectivity index (χ3v) is 4.16. The molecule has 1 aliphatic carbocycles. The van der Waals surface area contributed by atoms with Crippen LogP contribution in [0.1, 0.15) is 49.4 Å². The number of rotatable bonds is 4. The highest BCUT2D eigenvalue weighted by Crippen LogP contribution is 2.27. The van der Waals surface area contributed by atoms with E-state index in [9.17, 15) is 19.3 Å². The number of amides is 1. The molecule has 6 heteroatoms. The molecule has 1 aromatic rings.